The molecule has 4 nitrogen and oxygen atoms in total. The molecule has 1 unspecified atom stereocenters. The molecule has 100 valence electrons. The van der Waals surface area contributed by atoms with E-state index in [0.717, 1.165) is 39.1 Å². The lowest BCUT2D eigenvalue weighted by Gasteiger charge is -2.28. The van der Waals surface area contributed by atoms with Gasteiger partial charge < -0.3 is 14.5 Å². The second-order valence-electron chi connectivity index (χ2n) is 4.65. The van der Waals surface area contributed by atoms with E-state index >= 15 is 0 Å². The third-order valence-electron chi connectivity index (χ3n) is 3.42. The zero-order valence-electron chi connectivity index (χ0n) is 11.4. The lowest BCUT2D eigenvalue weighted by atomic mass is 10.1. The Bertz CT molecular complexity index is 223. The van der Waals surface area contributed by atoms with Crippen molar-refractivity contribution in [3.8, 4) is 0 Å². The fraction of sp³-hybridized carbons (Fsp3) is 0.923. The van der Waals surface area contributed by atoms with Gasteiger partial charge in [0.15, 0.2) is 0 Å². The maximum Gasteiger partial charge on any atom is 0.319 e. The molecule has 0 aromatic carbocycles. The molecule has 0 bridgehead atoms. The third kappa shape index (κ3) is 4.54. The Morgan fingerprint density at radius 1 is 1.29 bits per heavy atom. The molecule has 1 saturated heterocycles. The van der Waals surface area contributed by atoms with Gasteiger partial charge in [0.25, 0.3) is 0 Å². The Kier molecular flexibility index (Phi) is 6.34. The van der Waals surface area contributed by atoms with Crippen molar-refractivity contribution < 1.29 is 9.53 Å². The first-order valence-corrected chi connectivity index (χ1v) is 6.80. The van der Waals surface area contributed by atoms with Gasteiger partial charge in [-0.25, -0.2) is 4.79 Å². The number of hydrogen-bond donors (Lipinski definition) is 0. The molecule has 0 aliphatic carbocycles. The number of hydrogen-bond acceptors (Lipinski definition) is 2. The van der Waals surface area contributed by atoms with Crippen molar-refractivity contribution in [2.24, 2.45) is 0 Å². The van der Waals surface area contributed by atoms with Crippen molar-refractivity contribution in [1.82, 2.24) is 9.80 Å². The Balaban J connectivity index is 2.27. The van der Waals surface area contributed by atoms with Gasteiger partial charge in [0.1, 0.15) is 0 Å². The van der Waals surface area contributed by atoms with Gasteiger partial charge in [0.2, 0.25) is 0 Å². The molecule has 2 amide bonds. The highest BCUT2D eigenvalue weighted by atomic mass is 16.5. The summed E-state index contributed by atoms with van der Waals surface area (Å²) in [4.78, 5) is 15.6. The van der Waals surface area contributed by atoms with E-state index in [1.807, 2.05) is 30.7 Å². The molecule has 0 aromatic heterocycles. The molecule has 0 N–H and O–H groups in total. The van der Waals surface area contributed by atoms with Gasteiger partial charge in [0.05, 0.1) is 6.10 Å². The van der Waals surface area contributed by atoms with Crippen LogP contribution in [-0.4, -0.2) is 55.2 Å². The first-order chi connectivity index (χ1) is 8.19. The van der Waals surface area contributed by atoms with Crippen molar-refractivity contribution in [3.05, 3.63) is 0 Å². The van der Waals surface area contributed by atoms with Crippen LogP contribution < -0.4 is 0 Å². The second kappa shape index (κ2) is 7.54. The summed E-state index contributed by atoms with van der Waals surface area (Å²) in [5.74, 6) is 0. The van der Waals surface area contributed by atoms with Crippen LogP contribution in [0.3, 0.4) is 0 Å². The van der Waals surface area contributed by atoms with E-state index in [4.69, 9.17) is 4.74 Å². The summed E-state index contributed by atoms with van der Waals surface area (Å²) in [6.07, 6.45) is 4.91. The SMILES string of the molecule is CCN(CC)C(=O)N(C)CCC1CCCCO1. The average molecular weight is 242 g/mol. The summed E-state index contributed by atoms with van der Waals surface area (Å²) in [6.45, 7) is 7.26. The number of nitrogens with zero attached hydrogens (tertiary/aromatic N) is 2. The van der Waals surface area contributed by atoms with Crippen LogP contribution in [0, 0.1) is 0 Å². The minimum Gasteiger partial charge on any atom is -0.378 e. The number of amides is 2. The van der Waals surface area contributed by atoms with E-state index in [1.165, 1.54) is 12.8 Å². The second-order valence-corrected chi connectivity index (χ2v) is 4.65. The van der Waals surface area contributed by atoms with Gasteiger partial charge in [0, 0.05) is 33.3 Å². The van der Waals surface area contributed by atoms with Gasteiger partial charge in [-0.3, -0.25) is 0 Å². The van der Waals surface area contributed by atoms with Crippen molar-refractivity contribution in [2.75, 3.05) is 33.3 Å². The van der Waals surface area contributed by atoms with Crippen LogP contribution in [0.2, 0.25) is 0 Å². The predicted molar refractivity (Wildman–Crippen MR) is 69.2 cm³/mol. The average Bonchev–Trinajstić information content (AvgIpc) is 2.38. The normalized spacial score (nSPS) is 20.1. The summed E-state index contributed by atoms with van der Waals surface area (Å²) in [5, 5.41) is 0. The summed E-state index contributed by atoms with van der Waals surface area (Å²) in [7, 11) is 1.88. The molecule has 0 spiro atoms. The minimum absolute atomic E-state index is 0.130. The van der Waals surface area contributed by atoms with E-state index in [0.29, 0.717) is 6.10 Å². The maximum absolute atomic E-state index is 12.0. The predicted octanol–water partition coefficient (Wildman–Crippen LogP) is 2.34. The standard InChI is InChI=1S/C13H26N2O2/c1-4-15(5-2)13(16)14(3)10-9-12-8-6-7-11-17-12/h12H,4-11H2,1-3H3. The van der Waals surface area contributed by atoms with E-state index in [9.17, 15) is 4.79 Å². The quantitative estimate of drug-likeness (QED) is 0.741. The topological polar surface area (TPSA) is 32.8 Å². The fourth-order valence-electron chi connectivity index (χ4n) is 2.20. The van der Waals surface area contributed by atoms with Crippen LogP contribution in [0.5, 0.6) is 0 Å². The van der Waals surface area contributed by atoms with Crippen LogP contribution in [0.1, 0.15) is 39.5 Å². The van der Waals surface area contributed by atoms with Crippen LogP contribution in [-0.2, 0) is 4.74 Å². The highest BCUT2D eigenvalue weighted by Gasteiger charge is 2.18. The van der Waals surface area contributed by atoms with Crippen molar-refractivity contribution >= 4 is 6.03 Å². The highest BCUT2D eigenvalue weighted by molar-refractivity contribution is 5.74. The third-order valence-corrected chi connectivity index (χ3v) is 3.42. The largest absolute Gasteiger partial charge is 0.378 e. The Morgan fingerprint density at radius 2 is 2.00 bits per heavy atom. The molecule has 4 heteroatoms. The Hall–Kier alpha value is -0.770. The molecule has 0 aromatic rings. The number of carbonyl (C=O) groups is 1. The number of carbonyl (C=O) groups excluding carboxylic acids is 1. The van der Waals surface area contributed by atoms with Gasteiger partial charge in [-0.05, 0) is 39.5 Å². The van der Waals surface area contributed by atoms with Crippen molar-refractivity contribution in [2.45, 2.75) is 45.6 Å². The monoisotopic (exact) mass is 242 g/mol. The van der Waals surface area contributed by atoms with Crippen LogP contribution >= 0.6 is 0 Å². The zero-order chi connectivity index (χ0) is 12.7. The van der Waals surface area contributed by atoms with Crippen molar-refractivity contribution in [1.29, 1.82) is 0 Å². The molecule has 1 heterocycles. The van der Waals surface area contributed by atoms with E-state index in [2.05, 4.69) is 0 Å². The molecular formula is C13H26N2O2. The molecule has 0 saturated carbocycles. The molecule has 1 atom stereocenters. The molecule has 1 rings (SSSR count). The first kappa shape index (κ1) is 14.3. The summed E-state index contributed by atoms with van der Waals surface area (Å²) in [6, 6.07) is 0.130. The number of urea groups is 1. The lowest BCUT2D eigenvalue weighted by Crippen LogP contribution is -2.42. The van der Waals surface area contributed by atoms with E-state index < -0.39 is 0 Å². The van der Waals surface area contributed by atoms with Crippen LogP contribution in [0.15, 0.2) is 0 Å². The number of ether oxygens (including phenoxy) is 1. The molecule has 1 fully saturated rings. The van der Waals surface area contributed by atoms with Crippen molar-refractivity contribution in [3.63, 3.8) is 0 Å². The highest BCUT2D eigenvalue weighted by Crippen LogP contribution is 2.15. The van der Waals surface area contributed by atoms with Crippen LogP contribution in [0.4, 0.5) is 4.79 Å². The molecule has 0 radical (unpaired) electrons. The number of rotatable bonds is 5. The summed E-state index contributed by atoms with van der Waals surface area (Å²) >= 11 is 0. The molecule has 1 aliphatic heterocycles. The van der Waals surface area contributed by atoms with Gasteiger partial charge in [-0.1, -0.05) is 0 Å². The maximum atomic E-state index is 12.0. The molecule has 1 aliphatic rings. The Morgan fingerprint density at radius 3 is 2.53 bits per heavy atom. The zero-order valence-corrected chi connectivity index (χ0v) is 11.4. The first-order valence-electron chi connectivity index (χ1n) is 6.80. The summed E-state index contributed by atoms with van der Waals surface area (Å²) in [5.41, 5.74) is 0. The summed E-state index contributed by atoms with van der Waals surface area (Å²) < 4.78 is 5.67. The van der Waals surface area contributed by atoms with E-state index in [1.54, 1.807) is 0 Å². The van der Waals surface area contributed by atoms with Crippen LogP contribution in [0.25, 0.3) is 0 Å². The van der Waals surface area contributed by atoms with Gasteiger partial charge in [-0.2, -0.15) is 0 Å². The fourth-order valence-corrected chi connectivity index (χ4v) is 2.20. The van der Waals surface area contributed by atoms with E-state index in [-0.39, 0.29) is 6.03 Å². The van der Waals surface area contributed by atoms with Gasteiger partial charge in [-0.15, -0.1) is 0 Å². The minimum atomic E-state index is 0.130. The molecule has 17 heavy (non-hydrogen) atoms. The smallest absolute Gasteiger partial charge is 0.319 e. The Labute approximate surface area is 105 Å². The molecular weight excluding hydrogens is 216 g/mol. The van der Waals surface area contributed by atoms with Gasteiger partial charge >= 0.3 is 6.03 Å². The lowest BCUT2D eigenvalue weighted by molar-refractivity contribution is 0.00771.